The number of hydrogen-bond acceptors (Lipinski definition) is 4. The summed E-state index contributed by atoms with van der Waals surface area (Å²) >= 11 is 0. The molecule has 4 rings (SSSR count). The second-order valence-corrected chi connectivity index (χ2v) is 7.87. The predicted octanol–water partition coefficient (Wildman–Crippen LogP) is 5.33. The maximum absolute atomic E-state index is 13.2. The Morgan fingerprint density at radius 3 is 2.00 bits per heavy atom. The Morgan fingerprint density at radius 2 is 1.44 bits per heavy atom. The van der Waals surface area contributed by atoms with Crippen LogP contribution in [0.15, 0.2) is 78.4 Å². The molecule has 5 heteroatoms. The van der Waals surface area contributed by atoms with Crippen LogP contribution in [0.3, 0.4) is 0 Å². The van der Waals surface area contributed by atoms with Gasteiger partial charge in [0.2, 0.25) is 0 Å². The Hall–Kier alpha value is -3.86. The van der Waals surface area contributed by atoms with E-state index >= 15 is 0 Å². The summed E-state index contributed by atoms with van der Waals surface area (Å²) in [5.41, 5.74) is 3.95. The highest BCUT2D eigenvalue weighted by Gasteiger charge is 2.46. The molecule has 1 atom stereocenters. The van der Waals surface area contributed by atoms with Crippen molar-refractivity contribution in [3.8, 4) is 5.75 Å². The minimum Gasteiger partial charge on any atom is -0.507 e. The molecule has 1 N–H and O–H groups in total. The number of hydrogen-bond donors (Lipinski definition) is 1. The van der Waals surface area contributed by atoms with Gasteiger partial charge in [-0.05, 0) is 50.6 Å². The smallest absolute Gasteiger partial charge is 0.300 e. The lowest BCUT2D eigenvalue weighted by Crippen LogP contribution is -2.29. The molecule has 0 bridgehead atoms. The first-order valence-corrected chi connectivity index (χ1v) is 10.6. The van der Waals surface area contributed by atoms with Crippen molar-refractivity contribution in [1.29, 1.82) is 0 Å². The number of amides is 1. The summed E-state index contributed by atoms with van der Waals surface area (Å²) in [5, 5.41) is 11.1. The molecule has 1 fully saturated rings. The standard InChI is InChI=1S/C27H25NO4/c1-4-32-22-15-11-19(12-16-22)24-23(25(29)20-9-5-17(2)6-10-20)26(30)27(31)28(24)21-13-7-18(3)8-14-21/h5-16,24,29H,4H2,1-3H3/b25-23+. The molecule has 32 heavy (non-hydrogen) atoms. The highest BCUT2D eigenvalue weighted by Crippen LogP contribution is 2.42. The lowest BCUT2D eigenvalue weighted by atomic mass is 9.94. The van der Waals surface area contributed by atoms with Gasteiger partial charge in [0.25, 0.3) is 11.7 Å². The van der Waals surface area contributed by atoms with Gasteiger partial charge in [-0.25, -0.2) is 0 Å². The number of carbonyl (C=O) groups excluding carboxylic acids is 2. The van der Waals surface area contributed by atoms with Gasteiger partial charge in [0.05, 0.1) is 18.2 Å². The molecule has 1 heterocycles. The molecule has 162 valence electrons. The Balaban J connectivity index is 1.89. The summed E-state index contributed by atoms with van der Waals surface area (Å²) in [6.07, 6.45) is 0. The van der Waals surface area contributed by atoms with Gasteiger partial charge >= 0.3 is 0 Å². The lowest BCUT2D eigenvalue weighted by Gasteiger charge is -2.25. The number of ketones is 1. The van der Waals surface area contributed by atoms with Crippen LogP contribution in [0.2, 0.25) is 0 Å². The maximum Gasteiger partial charge on any atom is 0.300 e. The monoisotopic (exact) mass is 427 g/mol. The quantitative estimate of drug-likeness (QED) is 0.340. The number of aliphatic hydroxyl groups is 1. The molecule has 1 aliphatic rings. The van der Waals surface area contributed by atoms with E-state index in [1.54, 1.807) is 24.3 Å². The summed E-state index contributed by atoms with van der Waals surface area (Å²) in [7, 11) is 0. The molecule has 0 aliphatic carbocycles. The van der Waals surface area contributed by atoms with E-state index in [0.717, 1.165) is 11.1 Å². The van der Waals surface area contributed by atoms with E-state index in [1.165, 1.54) is 4.90 Å². The molecule has 0 aromatic heterocycles. The number of nitrogens with zero attached hydrogens (tertiary/aromatic N) is 1. The van der Waals surface area contributed by atoms with Crippen molar-refractivity contribution in [3.63, 3.8) is 0 Å². The number of benzene rings is 3. The summed E-state index contributed by atoms with van der Waals surface area (Å²) in [4.78, 5) is 27.8. The van der Waals surface area contributed by atoms with E-state index in [9.17, 15) is 14.7 Å². The molecule has 5 nitrogen and oxygen atoms in total. The number of aryl methyl sites for hydroxylation is 2. The second kappa shape index (κ2) is 8.71. The maximum atomic E-state index is 13.2. The highest BCUT2D eigenvalue weighted by atomic mass is 16.5. The largest absolute Gasteiger partial charge is 0.507 e. The Morgan fingerprint density at radius 1 is 0.875 bits per heavy atom. The molecule has 1 amide bonds. The highest BCUT2D eigenvalue weighted by molar-refractivity contribution is 6.51. The molecular weight excluding hydrogens is 402 g/mol. The van der Waals surface area contributed by atoms with Gasteiger partial charge in [0.1, 0.15) is 11.5 Å². The predicted molar refractivity (Wildman–Crippen MR) is 125 cm³/mol. The van der Waals surface area contributed by atoms with Gasteiger partial charge in [0, 0.05) is 11.3 Å². The number of ether oxygens (including phenoxy) is 1. The Labute approximate surface area is 187 Å². The lowest BCUT2D eigenvalue weighted by molar-refractivity contribution is -0.132. The van der Waals surface area contributed by atoms with Crippen LogP contribution in [-0.4, -0.2) is 23.4 Å². The number of Topliss-reactive ketones (excluding diaryl/α,β-unsaturated/α-hetero) is 1. The number of carbonyl (C=O) groups is 2. The molecular formula is C27H25NO4. The third-order valence-electron chi connectivity index (χ3n) is 5.59. The first-order chi connectivity index (χ1) is 15.4. The molecule has 3 aromatic carbocycles. The van der Waals surface area contributed by atoms with Crippen molar-refractivity contribution in [3.05, 3.63) is 101 Å². The van der Waals surface area contributed by atoms with Gasteiger partial charge in [-0.1, -0.05) is 59.7 Å². The summed E-state index contributed by atoms with van der Waals surface area (Å²) in [5.74, 6) is -0.858. The zero-order valence-corrected chi connectivity index (χ0v) is 18.3. The fraction of sp³-hybridized carbons (Fsp3) is 0.185. The van der Waals surface area contributed by atoms with E-state index in [-0.39, 0.29) is 11.3 Å². The van der Waals surface area contributed by atoms with E-state index in [4.69, 9.17) is 4.74 Å². The van der Waals surface area contributed by atoms with Crippen molar-refractivity contribution < 1.29 is 19.4 Å². The van der Waals surface area contributed by atoms with Crippen LogP contribution in [0.4, 0.5) is 5.69 Å². The van der Waals surface area contributed by atoms with Crippen LogP contribution in [0.1, 0.15) is 35.2 Å². The molecule has 0 radical (unpaired) electrons. The van der Waals surface area contributed by atoms with Crippen molar-refractivity contribution in [2.24, 2.45) is 0 Å². The molecule has 1 unspecified atom stereocenters. The third kappa shape index (κ3) is 3.89. The first-order valence-electron chi connectivity index (χ1n) is 10.6. The first kappa shape index (κ1) is 21.4. The van der Waals surface area contributed by atoms with Gasteiger partial charge < -0.3 is 9.84 Å². The zero-order valence-electron chi connectivity index (χ0n) is 18.3. The SMILES string of the molecule is CCOc1ccc(C2/C(=C(\O)c3ccc(C)cc3)C(=O)C(=O)N2c2ccc(C)cc2)cc1. The molecule has 0 saturated carbocycles. The normalized spacial score (nSPS) is 17.6. The number of rotatable bonds is 5. The van der Waals surface area contributed by atoms with Gasteiger partial charge in [-0.2, -0.15) is 0 Å². The van der Waals surface area contributed by atoms with Crippen LogP contribution in [0.25, 0.3) is 5.76 Å². The molecule has 1 aliphatic heterocycles. The van der Waals surface area contributed by atoms with E-state index in [0.29, 0.717) is 29.2 Å². The number of anilines is 1. The fourth-order valence-corrected chi connectivity index (χ4v) is 3.90. The number of aliphatic hydroxyl groups excluding tert-OH is 1. The summed E-state index contributed by atoms with van der Waals surface area (Å²) in [6, 6.07) is 21.1. The van der Waals surface area contributed by atoms with Gasteiger partial charge in [-0.15, -0.1) is 0 Å². The fourth-order valence-electron chi connectivity index (χ4n) is 3.90. The van der Waals surface area contributed by atoms with Crippen molar-refractivity contribution in [2.75, 3.05) is 11.5 Å². The minimum atomic E-state index is -0.755. The molecule has 1 saturated heterocycles. The average Bonchev–Trinajstić information content (AvgIpc) is 3.06. The van der Waals surface area contributed by atoms with Crippen LogP contribution in [0, 0.1) is 13.8 Å². The van der Waals surface area contributed by atoms with E-state index in [1.807, 2.05) is 69.3 Å². The molecule has 3 aromatic rings. The van der Waals surface area contributed by atoms with Gasteiger partial charge in [0.15, 0.2) is 0 Å². The van der Waals surface area contributed by atoms with E-state index < -0.39 is 17.7 Å². The van der Waals surface area contributed by atoms with Crippen LogP contribution >= 0.6 is 0 Å². The van der Waals surface area contributed by atoms with Crippen LogP contribution in [-0.2, 0) is 9.59 Å². The van der Waals surface area contributed by atoms with Crippen LogP contribution in [0.5, 0.6) is 5.75 Å². The van der Waals surface area contributed by atoms with Crippen LogP contribution < -0.4 is 9.64 Å². The second-order valence-electron chi connectivity index (χ2n) is 7.87. The Kier molecular flexibility index (Phi) is 5.82. The van der Waals surface area contributed by atoms with Crippen molar-refractivity contribution in [2.45, 2.75) is 26.8 Å². The Bertz CT molecular complexity index is 1180. The van der Waals surface area contributed by atoms with Crippen molar-refractivity contribution >= 4 is 23.1 Å². The minimum absolute atomic E-state index is 0.0728. The molecule has 0 spiro atoms. The summed E-state index contributed by atoms with van der Waals surface area (Å²) < 4.78 is 5.54. The van der Waals surface area contributed by atoms with Crippen molar-refractivity contribution in [1.82, 2.24) is 0 Å². The topological polar surface area (TPSA) is 66.8 Å². The summed E-state index contributed by atoms with van der Waals surface area (Å²) in [6.45, 7) is 6.34. The average molecular weight is 428 g/mol. The van der Waals surface area contributed by atoms with Gasteiger partial charge in [-0.3, -0.25) is 14.5 Å². The zero-order chi connectivity index (χ0) is 22.8. The third-order valence-corrected chi connectivity index (χ3v) is 5.59. The van der Waals surface area contributed by atoms with E-state index in [2.05, 4.69) is 0 Å².